The molecule has 1 aromatic rings. The minimum absolute atomic E-state index is 0. The number of aromatic nitrogens is 1. The number of nitrogens with zero attached hydrogens (tertiary/aromatic N) is 1. The SMILES string of the molecule is CC.CC(C)(C)O[C-]=O.Cc1ccc(NC2CCCC2)nc1.[HH].[Na+]. The number of hydrogen-bond donors (Lipinski definition) is 1. The van der Waals surface area contributed by atoms with Gasteiger partial charge in [-0.05, 0) is 52.2 Å². The van der Waals surface area contributed by atoms with Gasteiger partial charge in [-0.25, -0.2) is 4.98 Å². The number of rotatable bonds is 3. The molecule has 0 unspecified atom stereocenters. The fourth-order valence-corrected chi connectivity index (χ4v) is 1.96. The largest absolute Gasteiger partial charge is 1.00 e. The molecule has 1 aromatic heterocycles. The van der Waals surface area contributed by atoms with Crippen LogP contribution in [-0.2, 0) is 9.53 Å². The van der Waals surface area contributed by atoms with Gasteiger partial charge >= 0.3 is 29.6 Å². The van der Waals surface area contributed by atoms with Crippen LogP contribution < -0.4 is 34.9 Å². The number of anilines is 1. The molecule has 0 amide bonds. The summed E-state index contributed by atoms with van der Waals surface area (Å²) in [5.41, 5.74) is 0.846. The third kappa shape index (κ3) is 13.5. The Labute approximate surface area is 165 Å². The molecule has 4 nitrogen and oxygen atoms in total. The standard InChI is InChI=1S/C11H16N2.C5H9O2.C2H6.Na.H2/c1-9-6-7-11(12-8-9)13-10-4-2-3-5-10;1-5(2,3)7-4-6;1-2;;/h6-8,10H,2-5H2,1H3,(H,12,13);1-3H3;1-2H3;;1H/q;-1;;+1;. The van der Waals surface area contributed by atoms with Crippen LogP contribution in [0.4, 0.5) is 5.82 Å². The molecular formula is C18H33N2NaO2. The predicted molar refractivity (Wildman–Crippen MR) is 94.8 cm³/mol. The van der Waals surface area contributed by atoms with Crippen LogP contribution in [0.5, 0.6) is 0 Å². The first-order chi connectivity index (χ1) is 10.4. The Hall–Kier alpha value is -0.580. The second-order valence-corrected chi connectivity index (χ2v) is 6.14. The van der Waals surface area contributed by atoms with Crippen LogP contribution in [0.1, 0.15) is 67.3 Å². The summed E-state index contributed by atoms with van der Waals surface area (Å²) in [6.07, 6.45) is 7.25. The molecule has 0 atom stereocenters. The molecule has 5 heteroatoms. The Bertz CT molecular complexity index is 402. The average Bonchev–Trinajstić information content (AvgIpc) is 2.96. The van der Waals surface area contributed by atoms with Gasteiger partial charge < -0.3 is 14.8 Å². The molecule has 23 heavy (non-hydrogen) atoms. The van der Waals surface area contributed by atoms with Crippen LogP contribution >= 0.6 is 0 Å². The Kier molecular flexibility index (Phi) is 14.8. The van der Waals surface area contributed by atoms with Crippen molar-refractivity contribution in [2.45, 2.75) is 78.9 Å². The maximum atomic E-state index is 9.47. The van der Waals surface area contributed by atoms with E-state index in [0.29, 0.717) is 6.04 Å². The zero-order valence-corrected chi connectivity index (χ0v) is 17.9. The van der Waals surface area contributed by atoms with Gasteiger partial charge in [-0.1, -0.05) is 39.2 Å². The van der Waals surface area contributed by atoms with Crippen molar-refractivity contribution in [2.75, 3.05) is 5.32 Å². The van der Waals surface area contributed by atoms with E-state index in [1.165, 1.54) is 37.7 Å². The molecule has 0 radical (unpaired) electrons. The summed E-state index contributed by atoms with van der Waals surface area (Å²) in [6, 6.07) is 4.83. The number of aryl methyl sites for hydroxylation is 1. The van der Waals surface area contributed by atoms with Crippen LogP contribution in [0.15, 0.2) is 18.3 Å². The molecule has 0 saturated heterocycles. The molecule has 1 aliphatic carbocycles. The van der Waals surface area contributed by atoms with E-state index in [1.54, 1.807) is 20.8 Å². The summed E-state index contributed by atoms with van der Waals surface area (Å²) in [5.74, 6) is 1.03. The number of ether oxygens (including phenoxy) is 1. The topological polar surface area (TPSA) is 51.2 Å². The van der Waals surface area contributed by atoms with E-state index in [4.69, 9.17) is 0 Å². The normalized spacial score (nSPS) is 13.5. The molecule has 0 aliphatic heterocycles. The van der Waals surface area contributed by atoms with Gasteiger partial charge in [0.25, 0.3) is 0 Å². The maximum Gasteiger partial charge on any atom is 1.00 e. The van der Waals surface area contributed by atoms with Gasteiger partial charge in [0.15, 0.2) is 0 Å². The maximum absolute atomic E-state index is 9.47. The van der Waals surface area contributed by atoms with E-state index in [0.717, 1.165) is 5.82 Å². The van der Waals surface area contributed by atoms with E-state index >= 15 is 0 Å². The summed E-state index contributed by atoms with van der Waals surface area (Å²) in [4.78, 5) is 13.8. The van der Waals surface area contributed by atoms with E-state index in [9.17, 15) is 4.79 Å². The van der Waals surface area contributed by atoms with Crippen molar-refractivity contribution in [2.24, 2.45) is 0 Å². The van der Waals surface area contributed by atoms with Crippen molar-refractivity contribution in [3.63, 3.8) is 0 Å². The first kappa shape index (κ1) is 24.7. The van der Waals surface area contributed by atoms with Gasteiger partial charge in [-0.3, -0.25) is 0 Å². The van der Waals surface area contributed by atoms with Gasteiger partial charge in [0, 0.05) is 13.7 Å². The van der Waals surface area contributed by atoms with Gasteiger partial charge in [0.1, 0.15) is 5.82 Å². The molecule has 1 N–H and O–H groups in total. The summed E-state index contributed by atoms with van der Waals surface area (Å²) in [6.45, 7) is 12.8. The fourth-order valence-electron chi connectivity index (χ4n) is 1.96. The Morgan fingerprint density at radius 3 is 2.17 bits per heavy atom. The second-order valence-electron chi connectivity index (χ2n) is 6.14. The Morgan fingerprint density at radius 1 is 1.26 bits per heavy atom. The minimum atomic E-state index is -0.373. The molecule has 128 valence electrons. The Morgan fingerprint density at radius 2 is 1.83 bits per heavy atom. The van der Waals surface area contributed by atoms with E-state index < -0.39 is 0 Å². The zero-order chi connectivity index (χ0) is 17.0. The van der Waals surface area contributed by atoms with E-state index in [-0.39, 0.29) is 36.6 Å². The quantitative estimate of drug-likeness (QED) is 0.678. The average molecular weight is 332 g/mol. The summed E-state index contributed by atoms with van der Waals surface area (Å²) in [5, 5.41) is 3.46. The minimum Gasteiger partial charge on any atom is -0.649 e. The fraction of sp³-hybridized carbons (Fsp3) is 0.667. The molecule has 0 spiro atoms. The van der Waals surface area contributed by atoms with Crippen LogP contribution in [0, 0.1) is 6.92 Å². The number of nitrogens with one attached hydrogen (secondary N) is 1. The van der Waals surface area contributed by atoms with Crippen molar-refractivity contribution in [3.05, 3.63) is 23.9 Å². The summed E-state index contributed by atoms with van der Waals surface area (Å²) >= 11 is 0. The number of pyridine rings is 1. The molecule has 1 saturated carbocycles. The van der Waals surface area contributed by atoms with Gasteiger partial charge in [-0.15, -0.1) is 0 Å². The molecule has 1 fully saturated rings. The second kappa shape index (κ2) is 13.8. The smallest absolute Gasteiger partial charge is 0.649 e. The van der Waals surface area contributed by atoms with Gasteiger partial charge in [0.05, 0.1) is 5.60 Å². The molecule has 0 aromatic carbocycles. The summed E-state index contributed by atoms with van der Waals surface area (Å²) in [7, 11) is 0. The van der Waals surface area contributed by atoms with E-state index in [1.807, 2.05) is 20.0 Å². The monoisotopic (exact) mass is 332 g/mol. The molecular weight excluding hydrogens is 299 g/mol. The van der Waals surface area contributed by atoms with Crippen LogP contribution in [0.25, 0.3) is 0 Å². The van der Waals surface area contributed by atoms with Gasteiger partial charge in [0.2, 0.25) is 0 Å². The third-order valence-electron chi connectivity index (χ3n) is 2.97. The van der Waals surface area contributed by atoms with Crippen molar-refractivity contribution in [1.82, 2.24) is 4.98 Å². The first-order valence-electron chi connectivity index (χ1n) is 8.15. The first-order valence-corrected chi connectivity index (χ1v) is 8.15. The number of hydrogen-bond acceptors (Lipinski definition) is 4. The van der Waals surface area contributed by atoms with Crippen molar-refractivity contribution < 1.29 is 40.5 Å². The Balaban J connectivity index is -0.000000351. The number of carbonyl (C=O) groups excluding carboxylic acids is 1. The van der Waals surface area contributed by atoms with Crippen LogP contribution in [0.3, 0.4) is 0 Å². The third-order valence-corrected chi connectivity index (χ3v) is 2.97. The van der Waals surface area contributed by atoms with E-state index in [2.05, 4.69) is 34.1 Å². The van der Waals surface area contributed by atoms with Crippen molar-refractivity contribution in [1.29, 1.82) is 0 Å². The zero-order valence-electron chi connectivity index (χ0n) is 15.9. The molecule has 2 rings (SSSR count). The predicted octanol–water partition coefficient (Wildman–Crippen LogP) is 1.89. The molecule has 0 bridgehead atoms. The van der Waals surface area contributed by atoms with Gasteiger partial charge in [-0.2, -0.15) is 0 Å². The molecule has 1 heterocycles. The summed E-state index contributed by atoms with van der Waals surface area (Å²) < 4.78 is 4.42. The van der Waals surface area contributed by atoms with Crippen LogP contribution in [0.2, 0.25) is 0 Å². The van der Waals surface area contributed by atoms with Crippen LogP contribution in [-0.4, -0.2) is 23.1 Å². The molecule has 1 aliphatic rings. The van der Waals surface area contributed by atoms with Crippen molar-refractivity contribution in [3.8, 4) is 0 Å². The van der Waals surface area contributed by atoms with Crippen molar-refractivity contribution >= 4 is 12.3 Å².